The summed E-state index contributed by atoms with van der Waals surface area (Å²) in [7, 11) is 0.619. The highest BCUT2D eigenvalue weighted by Crippen LogP contribution is 2.31. The molecule has 0 atom stereocenters. The van der Waals surface area contributed by atoms with Crippen LogP contribution in [0.1, 0.15) is 19.4 Å². The van der Waals surface area contributed by atoms with E-state index in [2.05, 4.69) is 5.32 Å². The summed E-state index contributed by atoms with van der Waals surface area (Å²) in [6.07, 6.45) is 0.712. The first-order valence-electron chi connectivity index (χ1n) is 7.28. The molecule has 0 aliphatic rings. The van der Waals surface area contributed by atoms with Gasteiger partial charge in [0.15, 0.2) is 11.5 Å². The molecule has 138 valence electrons. The summed E-state index contributed by atoms with van der Waals surface area (Å²) in [5.41, 5.74) is 0.903. The molecular formula is C15H25ClN2O5S. The van der Waals surface area contributed by atoms with Gasteiger partial charge in [0.25, 0.3) is 0 Å². The Morgan fingerprint density at radius 2 is 1.88 bits per heavy atom. The maximum Gasteiger partial charge on any atom is 0.384 e. The number of carbonyl (C=O) groups is 1. The summed E-state index contributed by atoms with van der Waals surface area (Å²) in [6, 6.07) is 4.86. The minimum atomic E-state index is -3.93. The Hall–Kier alpha value is -1.35. The quantitative estimate of drug-likeness (QED) is 0.545. The monoisotopic (exact) mass is 380 g/mol. The standard InChI is InChI=1S/C15H24N2O5S.ClH/c1-11(2)15(18)21-14-10-12(8-9-16-3)6-7-13(14)22-23(19,20)17(4)5;/h6-7,10-11,16H,8-9H2,1-5H3;1H. The van der Waals surface area contributed by atoms with Crippen molar-refractivity contribution in [1.82, 2.24) is 9.62 Å². The van der Waals surface area contributed by atoms with Crippen molar-refractivity contribution in [3.63, 3.8) is 0 Å². The van der Waals surface area contributed by atoms with Gasteiger partial charge in [-0.3, -0.25) is 4.79 Å². The van der Waals surface area contributed by atoms with Crippen molar-refractivity contribution < 1.29 is 22.1 Å². The molecule has 0 aromatic heterocycles. The van der Waals surface area contributed by atoms with Crippen molar-refractivity contribution in [1.29, 1.82) is 0 Å². The highest BCUT2D eigenvalue weighted by molar-refractivity contribution is 7.84. The highest BCUT2D eigenvalue weighted by atomic mass is 35.5. The Balaban J connectivity index is 0.00000529. The summed E-state index contributed by atoms with van der Waals surface area (Å²) in [5.74, 6) is -0.708. The van der Waals surface area contributed by atoms with E-state index >= 15 is 0 Å². The van der Waals surface area contributed by atoms with E-state index in [1.807, 2.05) is 7.05 Å². The predicted octanol–water partition coefficient (Wildman–Crippen LogP) is 1.62. The first kappa shape index (κ1) is 22.6. The number of hydrogen-bond donors (Lipinski definition) is 1. The summed E-state index contributed by atoms with van der Waals surface area (Å²) >= 11 is 0. The molecule has 0 aliphatic carbocycles. The molecule has 0 saturated heterocycles. The van der Waals surface area contributed by atoms with Crippen LogP contribution in [-0.2, 0) is 21.5 Å². The lowest BCUT2D eigenvalue weighted by Gasteiger charge is -2.16. The number of likely N-dealkylation sites (N-methyl/N-ethyl adjacent to an activating group) is 1. The van der Waals surface area contributed by atoms with Crippen molar-refractivity contribution >= 4 is 28.7 Å². The van der Waals surface area contributed by atoms with Gasteiger partial charge in [0, 0.05) is 14.1 Å². The summed E-state index contributed by atoms with van der Waals surface area (Å²) in [4.78, 5) is 11.8. The van der Waals surface area contributed by atoms with Gasteiger partial charge in [-0.1, -0.05) is 19.9 Å². The van der Waals surface area contributed by atoms with Crippen LogP contribution in [0.4, 0.5) is 0 Å². The van der Waals surface area contributed by atoms with Gasteiger partial charge in [0.05, 0.1) is 5.92 Å². The third kappa shape index (κ3) is 6.64. The molecule has 0 radical (unpaired) electrons. The maximum atomic E-state index is 11.9. The van der Waals surface area contributed by atoms with Gasteiger partial charge in [-0.15, -0.1) is 12.4 Å². The van der Waals surface area contributed by atoms with Gasteiger partial charge < -0.3 is 14.2 Å². The Morgan fingerprint density at radius 3 is 2.38 bits per heavy atom. The average molecular weight is 381 g/mol. The van der Waals surface area contributed by atoms with Gasteiger partial charge in [-0.25, -0.2) is 0 Å². The van der Waals surface area contributed by atoms with Crippen molar-refractivity contribution in [2.75, 3.05) is 27.7 Å². The van der Waals surface area contributed by atoms with Crippen LogP contribution in [-0.4, -0.2) is 46.4 Å². The zero-order valence-corrected chi connectivity index (χ0v) is 16.2. The van der Waals surface area contributed by atoms with Crippen LogP contribution in [0.15, 0.2) is 18.2 Å². The molecule has 7 nitrogen and oxygen atoms in total. The molecule has 0 aliphatic heterocycles. The molecule has 9 heteroatoms. The largest absolute Gasteiger partial charge is 0.422 e. The minimum Gasteiger partial charge on any atom is -0.422 e. The SMILES string of the molecule is CNCCc1ccc(OS(=O)(=O)N(C)C)c(OC(=O)C(C)C)c1.Cl. The molecule has 0 amide bonds. The zero-order valence-electron chi connectivity index (χ0n) is 14.5. The Morgan fingerprint density at radius 1 is 1.25 bits per heavy atom. The third-order valence-electron chi connectivity index (χ3n) is 3.00. The molecule has 0 spiro atoms. The smallest absolute Gasteiger partial charge is 0.384 e. The van der Waals surface area contributed by atoms with Crippen LogP contribution in [0.2, 0.25) is 0 Å². The first-order chi connectivity index (χ1) is 10.7. The fraction of sp³-hybridized carbons (Fsp3) is 0.533. The van der Waals surface area contributed by atoms with Gasteiger partial charge in [0.2, 0.25) is 0 Å². The third-order valence-corrected chi connectivity index (χ3v) is 4.28. The van der Waals surface area contributed by atoms with Crippen molar-refractivity contribution in [3.05, 3.63) is 23.8 Å². The number of rotatable bonds is 8. The van der Waals surface area contributed by atoms with E-state index in [9.17, 15) is 13.2 Å². The molecule has 0 unspecified atom stereocenters. The topological polar surface area (TPSA) is 84.9 Å². The second-order valence-corrected chi connectivity index (χ2v) is 7.29. The van der Waals surface area contributed by atoms with Crippen molar-refractivity contribution in [2.45, 2.75) is 20.3 Å². The fourth-order valence-electron chi connectivity index (χ4n) is 1.54. The van der Waals surface area contributed by atoms with Crippen LogP contribution in [0, 0.1) is 5.92 Å². The molecule has 1 aromatic rings. The van der Waals surface area contributed by atoms with E-state index in [4.69, 9.17) is 8.92 Å². The molecule has 0 bridgehead atoms. The Kier molecular flexibility index (Phi) is 9.27. The van der Waals surface area contributed by atoms with Crippen LogP contribution in [0.3, 0.4) is 0 Å². The van der Waals surface area contributed by atoms with Gasteiger partial charge in [-0.2, -0.15) is 12.7 Å². The number of ether oxygens (including phenoxy) is 1. The van der Waals surface area contributed by atoms with E-state index < -0.39 is 16.3 Å². The number of hydrogen-bond acceptors (Lipinski definition) is 6. The van der Waals surface area contributed by atoms with E-state index in [1.165, 1.54) is 20.2 Å². The van der Waals surface area contributed by atoms with Crippen LogP contribution in [0.25, 0.3) is 0 Å². The van der Waals surface area contributed by atoms with Crippen molar-refractivity contribution in [2.24, 2.45) is 5.92 Å². The van der Waals surface area contributed by atoms with E-state index in [0.717, 1.165) is 16.4 Å². The van der Waals surface area contributed by atoms with Gasteiger partial charge in [-0.05, 0) is 37.7 Å². The number of esters is 1. The van der Waals surface area contributed by atoms with Gasteiger partial charge >= 0.3 is 16.3 Å². The average Bonchev–Trinajstić information content (AvgIpc) is 2.46. The molecule has 0 heterocycles. The summed E-state index contributed by atoms with van der Waals surface area (Å²) < 4.78 is 35.0. The van der Waals surface area contributed by atoms with E-state index in [1.54, 1.807) is 26.0 Å². The van der Waals surface area contributed by atoms with Crippen LogP contribution in [0.5, 0.6) is 11.5 Å². The number of nitrogens with zero attached hydrogens (tertiary/aromatic N) is 1. The molecule has 1 N–H and O–H groups in total. The van der Waals surface area contributed by atoms with Crippen LogP contribution < -0.4 is 14.2 Å². The second kappa shape index (κ2) is 9.83. The Bertz CT molecular complexity index is 647. The first-order valence-corrected chi connectivity index (χ1v) is 8.65. The lowest BCUT2D eigenvalue weighted by atomic mass is 10.1. The van der Waals surface area contributed by atoms with Crippen molar-refractivity contribution in [3.8, 4) is 11.5 Å². The number of nitrogens with one attached hydrogen (secondary N) is 1. The normalized spacial score (nSPS) is 11.3. The fourth-order valence-corrected chi connectivity index (χ4v) is 2.05. The van der Waals surface area contributed by atoms with E-state index in [0.29, 0.717) is 6.42 Å². The number of carbonyl (C=O) groups excluding carboxylic acids is 1. The Labute approximate surface area is 150 Å². The van der Waals surface area contributed by atoms with E-state index in [-0.39, 0.29) is 29.8 Å². The summed E-state index contributed by atoms with van der Waals surface area (Å²) in [6.45, 7) is 4.14. The maximum absolute atomic E-state index is 11.9. The molecular weight excluding hydrogens is 356 g/mol. The predicted molar refractivity (Wildman–Crippen MR) is 95.0 cm³/mol. The highest BCUT2D eigenvalue weighted by Gasteiger charge is 2.21. The number of halogens is 1. The molecule has 1 rings (SSSR count). The second-order valence-electron chi connectivity index (χ2n) is 5.53. The van der Waals surface area contributed by atoms with Crippen LogP contribution >= 0.6 is 12.4 Å². The van der Waals surface area contributed by atoms with Gasteiger partial charge in [0.1, 0.15) is 0 Å². The number of benzene rings is 1. The lowest BCUT2D eigenvalue weighted by Crippen LogP contribution is -2.27. The summed E-state index contributed by atoms with van der Waals surface area (Å²) in [5, 5.41) is 3.02. The molecule has 1 aromatic carbocycles. The molecule has 24 heavy (non-hydrogen) atoms. The lowest BCUT2D eigenvalue weighted by molar-refractivity contribution is -0.137. The minimum absolute atomic E-state index is 0. The zero-order chi connectivity index (χ0) is 17.6. The molecule has 0 saturated carbocycles. The molecule has 0 fully saturated rings.